The van der Waals surface area contributed by atoms with E-state index < -0.39 is 0 Å². The van der Waals surface area contributed by atoms with E-state index in [2.05, 4.69) is 35.1 Å². The topological polar surface area (TPSA) is 99.7 Å². The number of hydrogen-bond acceptors (Lipinski definition) is 6. The number of nitrogens with zero attached hydrogens (tertiary/aromatic N) is 5. The van der Waals surface area contributed by atoms with Gasteiger partial charge in [-0.05, 0) is 37.0 Å². The minimum absolute atomic E-state index is 0.0581. The van der Waals surface area contributed by atoms with Crippen molar-refractivity contribution in [1.29, 1.82) is 0 Å². The quantitative estimate of drug-likeness (QED) is 0.719. The molecule has 1 aliphatic heterocycles. The molecule has 1 fully saturated rings. The molecule has 0 aliphatic carbocycles. The lowest BCUT2D eigenvalue weighted by molar-refractivity contribution is -0.125. The number of carbonyl (C=O) groups is 1. The molecule has 0 radical (unpaired) electrons. The normalized spacial score (nSPS) is 15.3. The summed E-state index contributed by atoms with van der Waals surface area (Å²) in [6, 6.07) is 3.95. The summed E-state index contributed by atoms with van der Waals surface area (Å²) in [5.41, 5.74) is 2.71. The lowest BCUT2D eigenvalue weighted by Crippen LogP contribution is -2.41. The van der Waals surface area contributed by atoms with Crippen molar-refractivity contribution in [1.82, 2.24) is 30.2 Å². The van der Waals surface area contributed by atoms with E-state index in [4.69, 9.17) is 0 Å². The van der Waals surface area contributed by atoms with Gasteiger partial charge < -0.3 is 15.2 Å². The van der Waals surface area contributed by atoms with Gasteiger partial charge in [-0.3, -0.25) is 9.78 Å². The fourth-order valence-electron chi connectivity index (χ4n) is 3.37. The zero-order chi connectivity index (χ0) is 17.8. The van der Waals surface area contributed by atoms with Gasteiger partial charge in [0.05, 0.1) is 6.33 Å². The Morgan fingerprint density at radius 2 is 2.00 bits per heavy atom. The Kier molecular flexibility index (Phi) is 4.72. The zero-order valence-corrected chi connectivity index (χ0v) is 14.4. The fraction of sp³-hybridized carbons (Fsp3) is 0.389. The van der Waals surface area contributed by atoms with E-state index in [1.54, 1.807) is 18.7 Å². The predicted molar refractivity (Wildman–Crippen MR) is 97.6 cm³/mol. The number of piperidine rings is 1. The smallest absolute Gasteiger partial charge is 0.223 e. The second kappa shape index (κ2) is 7.47. The minimum atomic E-state index is 0.0581. The van der Waals surface area contributed by atoms with Crippen molar-refractivity contribution in [2.24, 2.45) is 5.92 Å². The van der Waals surface area contributed by atoms with Crippen LogP contribution in [0.4, 0.5) is 5.82 Å². The molecular formula is C18H21N7O. The molecule has 4 rings (SSSR count). The molecule has 26 heavy (non-hydrogen) atoms. The van der Waals surface area contributed by atoms with Crippen LogP contribution in [-0.4, -0.2) is 50.5 Å². The number of anilines is 1. The first-order chi connectivity index (χ1) is 12.8. The van der Waals surface area contributed by atoms with Gasteiger partial charge in [0.15, 0.2) is 11.5 Å². The minimum Gasteiger partial charge on any atom is -0.356 e. The van der Waals surface area contributed by atoms with Crippen molar-refractivity contribution >= 4 is 22.9 Å². The van der Waals surface area contributed by atoms with Gasteiger partial charge in [-0.25, -0.2) is 15.0 Å². The largest absolute Gasteiger partial charge is 0.356 e. The number of H-pyrrole nitrogens is 1. The van der Waals surface area contributed by atoms with Crippen molar-refractivity contribution in [2.75, 3.05) is 24.5 Å². The summed E-state index contributed by atoms with van der Waals surface area (Å²) < 4.78 is 0. The Morgan fingerprint density at radius 3 is 2.81 bits per heavy atom. The van der Waals surface area contributed by atoms with Gasteiger partial charge in [0.2, 0.25) is 5.91 Å². The van der Waals surface area contributed by atoms with Crippen LogP contribution >= 0.6 is 0 Å². The molecule has 2 N–H and O–H groups in total. The number of aromatic amines is 1. The van der Waals surface area contributed by atoms with E-state index >= 15 is 0 Å². The van der Waals surface area contributed by atoms with Crippen LogP contribution in [0.5, 0.6) is 0 Å². The van der Waals surface area contributed by atoms with Crippen molar-refractivity contribution in [3.8, 4) is 0 Å². The summed E-state index contributed by atoms with van der Waals surface area (Å²) in [5, 5.41) is 3.06. The molecule has 0 spiro atoms. The highest BCUT2D eigenvalue weighted by Gasteiger charge is 2.26. The molecule has 8 nitrogen and oxygen atoms in total. The first-order valence-electron chi connectivity index (χ1n) is 8.87. The summed E-state index contributed by atoms with van der Waals surface area (Å²) >= 11 is 0. The number of fused-ring (bicyclic) bond motifs is 1. The predicted octanol–water partition coefficient (Wildman–Crippen LogP) is 1.32. The van der Waals surface area contributed by atoms with Gasteiger partial charge in [0, 0.05) is 37.9 Å². The third kappa shape index (κ3) is 3.49. The summed E-state index contributed by atoms with van der Waals surface area (Å²) in [4.78, 5) is 34.4. The molecule has 0 atom stereocenters. The summed E-state index contributed by atoms with van der Waals surface area (Å²) in [5.74, 6) is 1.07. The molecule has 1 amide bonds. The molecule has 4 heterocycles. The van der Waals surface area contributed by atoms with Crippen molar-refractivity contribution in [2.45, 2.75) is 19.3 Å². The van der Waals surface area contributed by atoms with E-state index in [0.29, 0.717) is 12.2 Å². The van der Waals surface area contributed by atoms with E-state index in [9.17, 15) is 4.79 Å². The maximum Gasteiger partial charge on any atom is 0.223 e. The van der Waals surface area contributed by atoms with Crippen molar-refractivity contribution in [3.05, 3.63) is 42.7 Å². The van der Waals surface area contributed by atoms with Crippen LogP contribution in [0.1, 0.15) is 18.4 Å². The van der Waals surface area contributed by atoms with Crippen LogP contribution in [0.15, 0.2) is 37.2 Å². The number of nitrogens with one attached hydrogen (secondary N) is 2. The summed E-state index contributed by atoms with van der Waals surface area (Å²) in [6.45, 7) is 2.25. The Labute approximate surface area is 151 Å². The number of carbonyl (C=O) groups excluding carboxylic acids is 1. The molecular weight excluding hydrogens is 330 g/mol. The highest BCUT2D eigenvalue weighted by molar-refractivity contribution is 5.83. The first-order valence-corrected chi connectivity index (χ1v) is 8.87. The summed E-state index contributed by atoms with van der Waals surface area (Å²) in [7, 11) is 0. The number of aromatic nitrogens is 5. The van der Waals surface area contributed by atoms with Crippen LogP contribution in [0.3, 0.4) is 0 Å². The molecule has 0 saturated carbocycles. The number of hydrogen-bond donors (Lipinski definition) is 2. The fourth-order valence-corrected chi connectivity index (χ4v) is 3.37. The van der Waals surface area contributed by atoms with Crippen LogP contribution < -0.4 is 10.2 Å². The number of amides is 1. The van der Waals surface area contributed by atoms with E-state index in [1.807, 2.05) is 12.1 Å². The van der Waals surface area contributed by atoms with Gasteiger partial charge >= 0.3 is 0 Å². The summed E-state index contributed by atoms with van der Waals surface area (Å²) in [6.07, 6.45) is 9.18. The molecule has 134 valence electrons. The average molecular weight is 351 g/mol. The molecule has 3 aromatic heterocycles. The van der Waals surface area contributed by atoms with E-state index in [1.165, 1.54) is 11.9 Å². The molecule has 8 heteroatoms. The Balaban J connectivity index is 1.29. The molecule has 0 unspecified atom stereocenters. The highest BCUT2D eigenvalue weighted by Crippen LogP contribution is 2.25. The van der Waals surface area contributed by atoms with Gasteiger partial charge in [0.25, 0.3) is 0 Å². The monoisotopic (exact) mass is 351 g/mol. The van der Waals surface area contributed by atoms with E-state index in [-0.39, 0.29) is 11.8 Å². The number of pyridine rings is 1. The number of imidazole rings is 1. The maximum absolute atomic E-state index is 12.4. The zero-order valence-electron chi connectivity index (χ0n) is 14.4. The van der Waals surface area contributed by atoms with Gasteiger partial charge in [-0.1, -0.05) is 0 Å². The Morgan fingerprint density at radius 1 is 1.19 bits per heavy atom. The molecule has 1 aliphatic rings. The van der Waals surface area contributed by atoms with Gasteiger partial charge in [-0.2, -0.15) is 0 Å². The van der Waals surface area contributed by atoms with Crippen LogP contribution in [-0.2, 0) is 11.2 Å². The lowest BCUT2D eigenvalue weighted by Gasteiger charge is -2.32. The Bertz CT molecular complexity index is 871. The van der Waals surface area contributed by atoms with Crippen LogP contribution in [0.25, 0.3) is 11.2 Å². The molecule has 0 aromatic carbocycles. The van der Waals surface area contributed by atoms with Crippen molar-refractivity contribution in [3.63, 3.8) is 0 Å². The molecule has 1 saturated heterocycles. The third-order valence-corrected chi connectivity index (χ3v) is 4.83. The van der Waals surface area contributed by atoms with Gasteiger partial charge in [-0.15, -0.1) is 0 Å². The lowest BCUT2D eigenvalue weighted by atomic mass is 9.96. The average Bonchev–Trinajstić information content (AvgIpc) is 3.18. The third-order valence-electron chi connectivity index (χ3n) is 4.83. The standard InChI is InChI=1S/C18H21N7O/c26-18(20-8-3-13-1-6-19-7-2-13)14-4-9-25(10-5-14)17-15-16(22-11-21-15)23-12-24-17/h1-2,6-7,11-12,14H,3-5,8-10H2,(H,20,26)(H,21,22,23,24). The molecule has 3 aromatic rings. The van der Waals surface area contributed by atoms with E-state index in [0.717, 1.165) is 43.7 Å². The Hall–Kier alpha value is -3.03. The SMILES string of the molecule is O=C(NCCc1ccncc1)C1CCN(c2ncnc3nc[nH]c23)CC1. The van der Waals surface area contributed by atoms with Crippen molar-refractivity contribution < 1.29 is 4.79 Å². The second-order valence-electron chi connectivity index (χ2n) is 6.46. The second-order valence-corrected chi connectivity index (χ2v) is 6.46. The maximum atomic E-state index is 12.4. The van der Waals surface area contributed by atoms with Gasteiger partial charge in [0.1, 0.15) is 11.8 Å². The van der Waals surface area contributed by atoms with Crippen LogP contribution in [0.2, 0.25) is 0 Å². The number of rotatable bonds is 5. The highest BCUT2D eigenvalue weighted by atomic mass is 16.1. The first kappa shape index (κ1) is 16.4. The molecule has 0 bridgehead atoms. The van der Waals surface area contributed by atoms with Crippen LogP contribution in [0, 0.1) is 5.92 Å².